The number of nitrogens with zero attached hydrogens (tertiary/aromatic N) is 2. The van der Waals surface area contributed by atoms with Gasteiger partial charge in [0.2, 0.25) is 0 Å². The molecule has 0 spiro atoms. The summed E-state index contributed by atoms with van der Waals surface area (Å²) in [5, 5.41) is 10.5. The van der Waals surface area contributed by atoms with Crippen molar-refractivity contribution >= 4 is 17.3 Å². The Labute approximate surface area is 112 Å². The van der Waals surface area contributed by atoms with E-state index < -0.39 is 0 Å². The van der Waals surface area contributed by atoms with E-state index in [1.165, 1.54) is 4.68 Å². The van der Waals surface area contributed by atoms with Crippen molar-refractivity contribution in [1.29, 1.82) is 0 Å². The van der Waals surface area contributed by atoms with Gasteiger partial charge in [-0.1, -0.05) is 24.6 Å². The average Bonchev–Trinajstić information content (AvgIpc) is 2.37. The van der Waals surface area contributed by atoms with Gasteiger partial charge in [0.05, 0.1) is 18.4 Å². The van der Waals surface area contributed by atoms with Crippen molar-refractivity contribution in [3.8, 4) is 0 Å². The molecule has 0 fully saturated rings. The molecule has 0 amide bonds. The summed E-state index contributed by atoms with van der Waals surface area (Å²) in [4.78, 5) is 11.8. The summed E-state index contributed by atoms with van der Waals surface area (Å²) in [6.07, 6.45) is 4.13. The van der Waals surface area contributed by atoms with Crippen molar-refractivity contribution < 1.29 is 0 Å². The number of nitrogens with one attached hydrogen (secondary N) is 2. The molecular weight excluding hydrogens is 252 g/mol. The molecule has 18 heavy (non-hydrogen) atoms. The zero-order chi connectivity index (χ0) is 13.4. The first kappa shape index (κ1) is 14.7. The lowest BCUT2D eigenvalue weighted by Crippen LogP contribution is -2.24. The molecule has 5 nitrogen and oxygen atoms in total. The third-order valence-corrected chi connectivity index (χ3v) is 2.75. The highest BCUT2D eigenvalue weighted by atomic mass is 35.5. The van der Waals surface area contributed by atoms with E-state index in [0.29, 0.717) is 12.2 Å². The van der Waals surface area contributed by atoms with E-state index in [2.05, 4.69) is 29.2 Å². The lowest BCUT2D eigenvalue weighted by Gasteiger charge is -2.09. The maximum Gasteiger partial charge on any atom is 0.287 e. The first-order valence-electron chi connectivity index (χ1n) is 6.01. The van der Waals surface area contributed by atoms with E-state index in [1.54, 1.807) is 12.3 Å². The second kappa shape index (κ2) is 7.89. The van der Waals surface area contributed by atoms with E-state index in [1.807, 2.05) is 0 Å². The Balaban J connectivity index is 2.59. The summed E-state index contributed by atoms with van der Waals surface area (Å²) < 4.78 is 1.28. The number of hydrogen-bond acceptors (Lipinski definition) is 4. The van der Waals surface area contributed by atoms with Crippen LogP contribution in [0.15, 0.2) is 23.6 Å². The fourth-order valence-corrected chi connectivity index (χ4v) is 1.67. The molecule has 1 heterocycles. The Bertz CT molecular complexity index is 444. The SMILES string of the molecule is C=CCn1ncc(NCCCNCC)c(Cl)c1=O. The van der Waals surface area contributed by atoms with E-state index in [4.69, 9.17) is 11.6 Å². The molecule has 0 radical (unpaired) electrons. The normalized spacial score (nSPS) is 10.3. The van der Waals surface area contributed by atoms with Gasteiger partial charge in [-0.25, -0.2) is 4.68 Å². The Morgan fingerprint density at radius 3 is 3.00 bits per heavy atom. The molecule has 1 aromatic heterocycles. The standard InChI is InChI=1S/C12H19ClN4O/c1-3-8-17-12(18)11(13)10(9-16-17)15-7-5-6-14-4-2/h3,9,14-15H,1,4-8H2,2H3. The molecule has 0 aliphatic carbocycles. The van der Waals surface area contributed by atoms with E-state index in [9.17, 15) is 4.79 Å². The molecule has 0 unspecified atom stereocenters. The number of anilines is 1. The van der Waals surface area contributed by atoms with Crippen LogP contribution in [0.1, 0.15) is 13.3 Å². The van der Waals surface area contributed by atoms with Crippen LogP contribution >= 0.6 is 11.6 Å². The summed E-state index contributed by atoms with van der Waals surface area (Å²) in [6.45, 7) is 8.63. The molecule has 1 rings (SSSR count). The molecule has 0 aromatic carbocycles. The molecule has 100 valence electrons. The van der Waals surface area contributed by atoms with Gasteiger partial charge in [-0.2, -0.15) is 5.10 Å². The van der Waals surface area contributed by atoms with Crippen LogP contribution in [0.2, 0.25) is 5.02 Å². The highest BCUT2D eigenvalue weighted by Crippen LogP contribution is 2.14. The molecule has 0 atom stereocenters. The van der Waals surface area contributed by atoms with E-state index in [-0.39, 0.29) is 10.6 Å². The summed E-state index contributed by atoms with van der Waals surface area (Å²) in [5.41, 5.74) is 0.284. The summed E-state index contributed by atoms with van der Waals surface area (Å²) >= 11 is 5.99. The molecule has 0 bridgehead atoms. The molecule has 0 saturated heterocycles. The van der Waals surface area contributed by atoms with Crippen LogP contribution in [0, 0.1) is 0 Å². The largest absolute Gasteiger partial charge is 0.382 e. The van der Waals surface area contributed by atoms with Gasteiger partial charge in [0.1, 0.15) is 5.02 Å². The van der Waals surface area contributed by atoms with Gasteiger partial charge < -0.3 is 10.6 Å². The second-order valence-corrected chi connectivity index (χ2v) is 4.16. The second-order valence-electron chi connectivity index (χ2n) is 3.78. The monoisotopic (exact) mass is 270 g/mol. The fraction of sp³-hybridized carbons (Fsp3) is 0.500. The first-order chi connectivity index (χ1) is 8.70. The smallest absolute Gasteiger partial charge is 0.287 e. The van der Waals surface area contributed by atoms with Crippen molar-refractivity contribution in [2.45, 2.75) is 19.9 Å². The van der Waals surface area contributed by atoms with Crippen LogP contribution in [0.25, 0.3) is 0 Å². The zero-order valence-corrected chi connectivity index (χ0v) is 11.3. The van der Waals surface area contributed by atoms with Gasteiger partial charge in [-0.3, -0.25) is 4.79 Å². The van der Waals surface area contributed by atoms with Crippen molar-refractivity contribution in [3.05, 3.63) is 34.2 Å². The van der Waals surface area contributed by atoms with Gasteiger partial charge in [0, 0.05) is 6.54 Å². The third kappa shape index (κ3) is 4.16. The number of aromatic nitrogens is 2. The Morgan fingerprint density at radius 2 is 2.33 bits per heavy atom. The molecule has 1 aromatic rings. The van der Waals surface area contributed by atoms with E-state index in [0.717, 1.165) is 26.1 Å². The number of hydrogen-bond donors (Lipinski definition) is 2. The zero-order valence-electron chi connectivity index (χ0n) is 10.6. The summed E-state index contributed by atoms with van der Waals surface area (Å²) in [7, 11) is 0. The van der Waals surface area contributed by atoms with Crippen molar-refractivity contribution in [2.75, 3.05) is 25.0 Å². The van der Waals surface area contributed by atoms with Crippen LogP contribution in [0.4, 0.5) is 5.69 Å². The maximum absolute atomic E-state index is 11.8. The van der Waals surface area contributed by atoms with Crippen LogP contribution in [0.5, 0.6) is 0 Å². The van der Waals surface area contributed by atoms with Crippen LogP contribution in [0.3, 0.4) is 0 Å². The van der Waals surface area contributed by atoms with E-state index >= 15 is 0 Å². The predicted molar refractivity (Wildman–Crippen MR) is 75.4 cm³/mol. The minimum Gasteiger partial charge on any atom is -0.382 e. The Kier molecular flexibility index (Phi) is 6.46. The molecule has 6 heteroatoms. The quantitative estimate of drug-likeness (QED) is 0.555. The maximum atomic E-state index is 11.8. The average molecular weight is 271 g/mol. The predicted octanol–water partition coefficient (Wildman–Crippen LogP) is 1.49. The highest BCUT2D eigenvalue weighted by Gasteiger charge is 2.07. The first-order valence-corrected chi connectivity index (χ1v) is 6.39. The van der Waals surface area contributed by atoms with Crippen LogP contribution in [-0.4, -0.2) is 29.4 Å². The lowest BCUT2D eigenvalue weighted by atomic mass is 10.4. The molecular formula is C12H19ClN4O. The van der Waals surface area contributed by atoms with Gasteiger partial charge in [0.25, 0.3) is 5.56 Å². The lowest BCUT2D eigenvalue weighted by molar-refractivity contribution is 0.651. The Hall–Kier alpha value is -1.33. The van der Waals surface area contributed by atoms with Crippen molar-refractivity contribution in [2.24, 2.45) is 0 Å². The number of allylic oxidation sites excluding steroid dienone is 1. The third-order valence-electron chi connectivity index (χ3n) is 2.38. The van der Waals surface area contributed by atoms with Gasteiger partial charge in [-0.15, -0.1) is 6.58 Å². The van der Waals surface area contributed by atoms with Gasteiger partial charge >= 0.3 is 0 Å². The Morgan fingerprint density at radius 1 is 1.56 bits per heavy atom. The number of halogens is 1. The van der Waals surface area contributed by atoms with Crippen LogP contribution < -0.4 is 16.2 Å². The van der Waals surface area contributed by atoms with Crippen LogP contribution in [-0.2, 0) is 6.54 Å². The fourth-order valence-electron chi connectivity index (χ4n) is 1.45. The minimum absolute atomic E-state index is 0.176. The molecule has 2 N–H and O–H groups in total. The summed E-state index contributed by atoms with van der Waals surface area (Å²) in [6, 6.07) is 0. The summed E-state index contributed by atoms with van der Waals surface area (Å²) in [5.74, 6) is 0. The minimum atomic E-state index is -0.298. The topological polar surface area (TPSA) is 59.0 Å². The van der Waals surface area contributed by atoms with Crippen molar-refractivity contribution in [3.63, 3.8) is 0 Å². The molecule has 0 aliphatic rings. The van der Waals surface area contributed by atoms with Gasteiger partial charge in [-0.05, 0) is 19.5 Å². The van der Waals surface area contributed by atoms with Gasteiger partial charge in [0.15, 0.2) is 0 Å². The van der Waals surface area contributed by atoms with Crippen molar-refractivity contribution in [1.82, 2.24) is 15.1 Å². The molecule has 0 aliphatic heterocycles. The molecule has 0 saturated carbocycles. The highest BCUT2D eigenvalue weighted by molar-refractivity contribution is 6.32. The number of rotatable bonds is 8.